The molecule has 0 saturated carbocycles. The van der Waals surface area contributed by atoms with Gasteiger partial charge in [0, 0.05) is 44.2 Å². The Morgan fingerprint density at radius 2 is 0.862 bits per heavy atom. The maximum absolute atomic E-state index is 10.2. The summed E-state index contributed by atoms with van der Waals surface area (Å²) in [7, 11) is 0. The molecule has 3 heterocycles. The van der Waals surface area contributed by atoms with Crippen LogP contribution in [-0.4, -0.2) is 29.5 Å². The van der Waals surface area contributed by atoms with Crippen molar-refractivity contribution in [3.05, 3.63) is 217 Å². The number of benzene rings is 8. The van der Waals surface area contributed by atoms with Gasteiger partial charge in [-0.15, -0.1) is 0 Å². The Hall–Kier alpha value is -9.37. The first-order valence-electron chi connectivity index (χ1n) is 21.1. The SMILES string of the molecule is N#Cc1ccc(-c2ccc3c4ccccc4n(-c4ccc(-c5nc(-c6ccccc6)cc(-c6ccccc6)n5)cc4-c4nc(-c5ccccc5)nc(-c5ccccc5)n4)c3c2)c(C#N)c1. The van der Waals surface area contributed by atoms with Gasteiger partial charge < -0.3 is 4.57 Å². The van der Waals surface area contributed by atoms with Crippen molar-refractivity contribution in [2.75, 3.05) is 0 Å². The van der Waals surface area contributed by atoms with Crippen LogP contribution in [0.15, 0.2) is 206 Å². The van der Waals surface area contributed by atoms with Gasteiger partial charge in [-0.25, -0.2) is 24.9 Å². The third-order valence-electron chi connectivity index (χ3n) is 11.6. The molecule has 0 atom stereocenters. The van der Waals surface area contributed by atoms with E-state index in [2.05, 4.69) is 83.4 Å². The van der Waals surface area contributed by atoms with Gasteiger partial charge in [-0.05, 0) is 59.7 Å². The molecule has 0 aliphatic heterocycles. The topological polar surface area (TPSA) is 117 Å². The fourth-order valence-electron chi connectivity index (χ4n) is 8.42. The number of para-hydroxylation sites is 1. The van der Waals surface area contributed by atoms with E-state index in [0.717, 1.165) is 83.4 Å². The van der Waals surface area contributed by atoms with Crippen LogP contribution in [0.25, 0.3) is 107 Å². The van der Waals surface area contributed by atoms with Crippen LogP contribution in [0.5, 0.6) is 0 Å². The van der Waals surface area contributed by atoms with E-state index in [9.17, 15) is 10.5 Å². The Balaban J connectivity index is 1.21. The van der Waals surface area contributed by atoms with Crippen LogP contribution in [0.1, 0.15) is 11.1 Å². The Labute approximate surface area is 374 Å². The Bertz CT molecular complexity index is 3550. The first kappa shape index (κ1) is 38.5. The summed E-state index contributed by atoms with van der Waals surface area (Å²) in [6, 6.07) is 72.8. The zero-order valence-electron chi connectivity index (χ0n) is 34.7. The van der Waals surface area contributed by atoms with Crippen molar-refractivity contribution in [3.8, 4) is 97.0 Å². The summed E-state index contributed by atoms with van der Waals surface area (Å²) >= 11 is 0. The minimum absolute atomic E-state index is 0.427. The molecule has 8 nitrogen and oxygen atoms in total. The minimum atomic E-state index is 0.427. The average molecular weight is 831 g/mol. The third kappa shape index (κ3) is 7.23. The van der Waals surface area contributed by atoms with Crippen LogP contribution in [0.3, 0.4) is 0 Å². The van der Waals surface area contributed by atoms with E-state index in [1.165, 1.54) is 0 Å². The quantitative estimate of drug-likeness (QED) is 0.150. The molecule has 0 spiro atoms. The van der Waals surface area contributed by atoms with Crippen molar-refractivity contribution >= 4 is 21.8 Å². The lowest BCUT2D eigenvalue weighted by Gasteiger charge is -2.17. The van der Waals surface area contributed by atoms with Crippen molar-refractivity contribution < 1.29 is 0 Å². The standard InChI is InChI=1S/C57H34N8/c58-35-37-25-28-45(44(31-37)36-59)42-26-29-47-46-23-13-14-24-51(46)65(53(47)33-42)52-30-27-43(56-60-49(38-15-5-1-6-16-38)34-50(61-56)39-17-7-2-8-18-39)32-48(52)57-63-54(40-19-9-3-10-20-40)62-55(64-57)41-21-11-4-12-22-41/h1-34H. The van der Waals surface area contributed by atoms with E-state index in [-0.39, 0.29) is 0 Å². The second-order valence-electron chi connectivity index (χ2n) is 15.5. The molecular formula is C57H34N8. The lowest BCUT2D eigenvalue weighted by atomic mass is 9.97. The van der Waals surface area contributed by atoms with E-state index in [4.69, 9.17) is 24.9 Å². The van der Waals surface area contributed by atoms with E-state index in [0.29, 0.717) is 34.4 Å². The van der Waals surface area contributed by atoms with Gasteiger partial charge in [0.15, 0.2) is 23.3 Å². The maximum Gasteiger partial charge on any atom is 0.166 e. The van der Waals surface area contributed by atoms with Crippen LogP contribution in [0, 0.1) is 22.7 Å². The molecule has 0 unspecified atom stereocenters. The second kappa shape index (κ2) is 16.5. The van der Waals surface area contributed by atoms with E-state index in [1.54, 1.807) is 12.1 Å². The maximum atomic E-state index is 10.2. The zero-order valence-corrected chi connectivity index (χ0v) is 34.7. The molecule has 8 heteroatoms. The molecule has 11 rings (SSSR count). The van der Waals surface area contributed by atoms with Gasteiger partial charge in [-0.1, -0.05) is 158 Å². The Morgan fingerprint density at radius 3 is 1.46 bits per heavy atom. The van der Waals surface area contributed by atoms with Crippen molar-refractivity contribution in [1.29, 1.82) is 10.5 Å². The summed E-state index contributed by atoms with van der Waals surface area (Å²) in [4.78, 5) is 26.0. The summed E-state index contributed by atoms with van der Waals surface area (Å²) in [5.41, 5.74) is 11.9. The number of nitriles is 2. The van der Waals surface area contributed by atoms with Crippen LogP contribution in [0.4, 0.5) is 0 Å². The summed E-state index contributed by atoms with van der Waals surface area (Å²) in [5, 5.41) is 21.9. The van der Waals surface area contributed by atoms with E-state index < -0.39 is 0 Å². The molecule has 65 heavy (non-hydrogen) atoms. The number of nitrogens with zero attached hydrogens (tertiary/aromatic N) is 8. The molecule has 0 N–H and O–H groups in total. The van der Waals surface area contributed by atoms with E-state index >= 15 is 0 Å². The van der Waals surface area contributed by atoms with Crippen molar-refractivity contribution in [1.82, 2.24) is 29.5 Å². The van der Waals surface area contributed by atoms with Crippen molar-refractivity contribution in [3.63, 3.8) is 0 Å². The minimum Gasteiger partial charge on any atom is -0.308 e. The lowest BCUT2D eigenvalue weighted by Crippen LogP contribution is -2.04. The molecule has 3 aromatic heterocycles. The van der Waals surface area contributed by atoms with Gasteiger partial charge >= 0.3 is 0 Å². The Kier molecular flexibility index (Phi) is 9.78. The number of aromatic nitrogens is 6. The van der Waals surface area contributed by atoms with Crippen LogP contribution >= 0.6 is 0 Å². The highest BCUT2D eigenvalue weighted by Gasteiger charge is 2.22. The molecule has 0 saturated heterocycles. The molecule has 0 bridgehead atoms. The Morgan fingerprint density at radius 1 is 0.338 bits per heavy atom. The zero-order chi connectivity index (χ0) is 43.7. The van der Waals surface area contributed by atoms with Gasteiger partial charge in [0.05, 0.1) is 51.4 Å². The summed E-state index contributed by atoms with van der Waals surface area (Å²) in [6.45, 7) is 0. The highest BCUT2D eigenvalue weighted by Crippen LogP contribution is 2.40. The molecule has 0 aliphatic carbocycles. The molecule has 0 amide bonds. The molecule has 0 aliphatic rings. The summed E-state index contributed by atoms with van der Waals surface area (Å²) < 4.78 is 2.24. The average Bonchev–Trinajstić information content (AvgIpc) is 3.72. The molecule has 302 valence electrons. The molecule has 11 aromatic rings. The van der Waals surface area contributed by atoms with Gasteiger partial charge in [0.25, 0.3) is 0 Å². The number of rotatable bonds is 8. The molecule has 0 radical (unpaired) electrons. The number of fused-ring (bicyclic) bond motifs is 3. The molecule has 8 aromatic carbocycles. The third-order valence-corrected chi connectivity index (χ3v) is 11.6. The predicted molar refractivity (Wildman–Crippen MR) is 257 cm³/mol. The van der Waals surface area contributed by atoms with Gasteiger partial charge in [0.1, 0.15) is 0 Å². The van der Waals surface area contributed by atoms with Gasteiger partial charge in [-0.3, -0.25) is 0 Å². The normalized spacial score (nSPS) is 11.0. The number of hydrogen-bond acceptors (Lipinski definition) is 7. The highest BCUT2D eigenvalue weighted by atomic mass is 15.1. The first-order valence-corrected chi connectivity index (χ1v) is 21.1. The largest absolute Gasteiger partial charge is 0.308 e. The summed E-state index contributed by atoms with van der Waals surface area (Å²) in [5.74, 6) is 2.09. The highest BCUT2D eigenvalue weighted by molar-refractivity contribution is 6.11. The second-order valence-corrected chi connectivity index (χ2v) is 15.5. The lowest BCUT2D eigenvalue weighted by molar-refractivity contribution is 1.06. The van der Waals surface area contributed by atoms with Gasteiger partial charge in [0.2, 0.25) is 0 Å². The first-order chi connectivity index (χ1) is 32.1. The van der Waals surface area contributed by atoms with Gasteiger partial charge in [-0.2, -0.15) is 10.5 Å². The van der Waals surface area contributed by atoms with Crippen LogP contribution in [-0.2, 0) is 0 Å². The van der Waals surface area contributed by atoms with E-state index in [1.807, 2.05) is 127 Å². The molecule has 0 fully saturated rings. The number of hydrogen-bond donors (Lipinski definition) is 0. The monoisotopic (exact) mass is 830 g/mol. The molecular weight excluding hydrogens is 797 g/mol. The van der Waals surface area contributed by atoms with Crippen molar-refractivity contribution in [2.45, 2.75) is 0 Å². The predicted octanol–water partition coefficient (Wildman–Crippen LogP) is 13.2. The van der Waals surface area contributed by atoms with Crippen LogP contribution in [0.2, 0.25) is 0 Å². The van der Waals surface area contributed by atoms with Crippen molar-refractivity contribution in [2.24, 2.45) is 0 Å². The van der Waals surface area contributed by atoms with Crippen LogP contribution < -0.4 is 0 Å². The fraction of sp³-hybridized carbons (Fsp3) is 0. The fourth-order valence-corrected chi connectivity index (χ4v) is 8.42. The smallest absolute Gasteiger partial charge is 0.166 e. The summed E-state index contributed by atoms with van der Waals surface area (Å²) in [6.07, 6.45) is 0.